The van der Waals surface area contributed by atoms with E-state index in [1.54, 1.807) is 24.3 Å². The van der Waals surface area contributed by atoms with E-state index in [-0.39, 0.29) is 23.2 Å². The van der Waals surface area contributed by atoms with Crippen LogP contribution in [0, 0.1) is 28.6 Å². The predicted molar refractivity (Wildman–Crippen MR) is 135 cm³/mol. The third kappa shape index (κ3) is 8.95. The van der Waals surface area contributed by atoms with Crippen molar-refractivity contribution >= 4 is 23.5 Å². The van der Waals surface area contributed by atoms with Crippen molar-refractivity contribution in [1.29, 1.82) is 5.26 Å². The molecule has 5 nitrogen and oxygen atoms in total. The maximum Gasteiger partial charge on any atom is 0.329 e. The van der Waals surface area contributed by atoms with E-state index in [0.717, 1.165) is 25.7 Å². The third-order valence-electron chi connectivity index (χ3n) is 6.84. The first-order chi connectivity index (χ1) is 16.3. The number of carbonyl (C=O) groups excluding carboxylic acids is 2. The molecule has 0 amide bonds. The summed E-state index contributed by atoms with van der Waals surface area (Å²) < 4.78 is 10.8. The Morgan fingerprint density at radius 2 is 1.53 bits per heavy atom. The van der Waals surface area contributed by atoms with Crippen molar-refractivity contribution < 1.29 is 19.1 Å². The molecular formula is C28H40ClNO4. The number of hydrogen-bond acceptors (Lipinski definition) is 5. The monoisotopic (exact) mass is 489 g/mol. The van der Waals surface area contributed by atoms with Crippen molar-refractivity contribution in [3.8, 4) is 17.6 Å². The van der Waals surface area contributed by atoms with E-state index in [2.05, 4.69) is 13.0 Å². The molecule has 6 heteroatoms. The Hall–Kier alpha value is -2.06. The maximum atomic E-state index is 12.7. The SMILES string of the molecule is CCCCCCCCCC1(C#N)CCC(C(=O)Oc2ccc(OC(=O)C(Cl)C(C)C)cc2)CC1. The first-order valence-electron chi connectivity index (χ1n) is 12.9. The molecule has 0 saturated heterocycles. The fraction of sp³-hybridized carbons (Fsp3) is 0.679. The molecule has 1 unspecified atom stereocenters. The van der Waals surface area contributed by atoms with E-state index in [4.69, 9.17) is 21.1 Å². The van der Waals surface area contributed by atoms with E-state index < -0.39 is 11.3 Å². The molecule has 1 aliphatic rings. The number of unbranched alkanes of at least 4 members (excludes halogenated alkanes) is 6. The Balaban J connectivity index is 1.76. The average molecular weight is 490 g/mol. The van der Waals surface area contributed by atoms with Gasteiger partial charge in [0.25, 0.3) is 0 Å². The van der Waals surface area contributed by atoms with Gasteiger partial charge in [-0.25, -0.2) is 0 Å². The van der Waals surface area contributed by atoms with Crippen LogP contribution in [0.1, 0.15) is 97.8 Å². The molecular weight excluding hydrogens is 450 g/mol. The van der Waals surface area contributed by atoms with Gasteiger partial charge in [0.05, 0.1) is 17.4 Å². The topological polar surface area (TPSA) is 76.4 Å². The molecule has 1 atom stereocenters. The van der Waals surface area contributed by atoms with Gasteiger partial charge in [0.2, 0.25) is 0 Å². The third-order valence-corrected chi connectivity index (χ3v) is 7.53. The molecule has 1 saturated carbocycles. The minimum atomic E-state index is -0.713. The van der Waals surface area contributed by atoms with Crippen LogP contribution in [-0.2, 0) is 9.59 Å². The zero-order valence-electron chi connectivity index (χ0n) is 21.0. The highest BCUT2D eigenvalue weighted by atomic mass is 35.5. The molecule has 0 N–H and O–H groups in total. The maximum absolute atomic E-state index is 12.7. The summed E-state index contributed by atoms with van der Waals surface area (Å²) in [6, 6.07) is 8.98. The number of esters is 2. The number of hydrogen-bond donors (Lipinski definition) is 0. The fourth-order valence-electron chi connectivity index (χ4n) is 4.46. The number of halogens is 1. The molecule has 0 bridgehead atoms. The summed E-state index contributed by atoms with van der Waals surface area (Å²) in [6.45, 7) is 5.93. The highest BCUT2D eigenvalue weighted by Gasteiger charge is 2.38. The lowest BCUT2D eigenvalue weighted by Gasteiger charge is -2.34. The molecule has 0 spiro atoms. The molecule has 34 heavy (non-hydrogen) atoms. The first kappa shape index (κ1) is 28.2. The van der Waals surface area contributed by atoms with Crippen molar-refractivity contribution in [2.75, 3.05) is 0 Å². The number of nitrogens with zero attached hydrogens (tertiary/aromatic N) is 1. The zero-order chi connectivity index (χ0) is 25.0. The highest BCUT2D eigenvalue weighted by Crippen LogP contribution is 2.43. The molecule has 1 aromatic rings. The minimum Gasteiger partial charge on any atom is -0.426 e. The Kier molecular flexibility index (Phi) is 11.9. The smallest absolute Gasteiger partial charge is 0.329 e. The highest BCUT2D eigenvalue weighted by molar-refractivity contribution is 6.30. The van der Waals surface area contributed by atoms with Crippen LogP contribution in [0.4, 0.5) is 0 Å². The summed E-state index contributed by atoms with van der Waals surface area (Å²) >= 11 is 6.03. The van der Waals surface area contributed by atoms with Crippen LogP contribution >= 0.6 is 11.6 Å². The van der Waals surface area contributed by atoms with Crippen molar-refractivity contribution in [1.82, 2.24) is 0 Å². The van der Waals surface area contributed by atoms with Gasteiger partial charge in [-0.3, -0.25) is 9.59 Å². The minimum absolute atomic E-state index is 0.0276. The molecule has 2 rings (SSSR count). The molecule has 1 aliphatic carbocycles. The van der Waals surface area contributed by atoms with Crippen LogP contribution in [0.5, 0.6) is 11.5 Å². The molecule has 0 radical (unpaired) electrons. The van der Waals surface area contributed by atoms with Crippen LogP contribution in [0.3, 0.4) is 0 Å². The summed E-state index contributed by atoms with van der Waals surface area (Å²) in [6.07, 6.45) is 12.5. The van der Waals surface area contributed by atoms with Crippen LogP contribution < -0.4 is 9.47 Å². The summed E-state index contributed by atoms with van der Waals surface area (Å²) in [7, 11) is 0. The van der Waals surface area contributed by atoms with E-state index in [1.807, 2.05) is 13.8 Å². The van der Waals surface area contributed by atoms with Crippen LogP contribution in [0.15, 0.2) is 24.3 Å². The van der Waals surface area contributed by atoms with Crippen molar-refractivity contribution in [2.24, 2.45) is 17.3 Å². The van der Waals surface area contributed by atoms with Crippen molar-refractivity contribution in [3.63, 3.8) is 0 Å². The zero-order valence-corrected chi connectivity index (χ0v) is 21.7. The molecule has 0 aliphatic heterocycles. The van der Waals surface area contributed by atoms with E-state index in [0.29, 0.717) is 24.3 Å². The van der Waals surface area contributed by atoms with Crippen LogP contribution in [-0.4, -0.2) is 17.3 Å². The number of ether oxygens (including phenoxy) is 2. The largest absolute Gasteiger partial charge is 0.426 e. The fourth-order valence-corrected chi connectivity index (χ4v) is 4.51. The van der Waals surface area contributed by atoms with Gasteiger partial charge in [0.15, 0.2) is 0 Å². The molecule has 1 aromatic carbocycles. The van der Waals surface area contributed by atoms with Gasteiger partial charge in [-0.2, -0.15) is 5.26 Å². The lowest BCUT2D eigenvalue weighted by molar-refractivity contribution is -0.140. The quantitative estimate of drug-likeness (QED) is 0.123. The van der Waals surface area contributed by atoms with Gasteiger partial charge >= 0.3 is 11.9 Å². The number of carbonyl (C=O) groups is 2. The second kappa shape index (κ2) is 14.4. The van der Waals surface area contributed by atoms with Crippen LogP contribution in [0.2, 0.25) is 0 Å². The summed E-state index contributed by atoms with van der Waals surface area (Å²) in [5.41, 5.74) is -0.290. The van der Waals surface area contributed by atoms with Gasteiger partial charge in [0, 0.05) is 0 Å². The Morgan fingerprint density at radius 3 is 2.06 bits per heavy atom. The Morgan fingerprint density at radius 1 is 1.00 bits per heavy atom. The molecule has 1 fully saturated rings. The normalized spacial score (nSPS) is 21.0. The lowest BCUT2D eigenvalue weighted by Crippen LogP contribution is -2.31. The lowest BCUT2D eigenvalue weighted by atomic mass is 9.69. The second-order valence-corrected chi connectivity index (χ2v) is 10.5. The van der Waals surface area contributed by atoms with E-state index in [9.17, 15) is 14.9 Å². The van der Waals surface area contributed by atoms with Crippen molar-refractivity contribution in [3.05, 3.63) is 24.3 Å². The van der Waals surface area contributed by atoms with Gasteiger partial charge in [-0.1, -0.05) is 65.7 Å². The summed E-state index contributed by atoms with van der Waals surface area (Å²) in [5.74, 6) is -0.195. The second-order valence-electron chi connectivity index (χ2n) is 10.00. The van der Waals surface area contributed by atoms with E-state index in [1.165, 1.54) is 38.5 Å². The predicted octanol–water partition coefficient (Wildman–Crippen LogP) is 7.60. The van der Waals surface area contributed by atoms with Gasteiger partial charge in [0.1, 0.15) is 16.9 Å². The van der Waals surface area contributed by atoms with Crippen LogP contribution in [0.25, 0.3) is 0 Å². The number of rotatable bonds is 13. The van der Waals surface area contributed by atoms with Gasteiger partial charge < -0.3 is 9.47 Å². The first-order valence-corrected chi connectivity index (χ1v) is 13.3. The van der Waals surface area contributed by atoms with E-state index >= 15 is 0 Å². The number of nitriles is 1. The molecule has 0 aromatic heterocycles. The Bertz CT molecular complexity index is 807. The molecule has 188 valence electrons. The number of benzene rings is 1. The number of alkyl halides is 1. The summed E-state index contributed by atoms with van der Waals surface area (Å²) in [5, 5.41) is 9.10. The Labute approximate surface area is 210 Å². The molecule has 0 heterocycles. The summed E-state index contributed by atoms with van der Waals surface area (Å²) in [4.78, 5) is 24.6. The average Bonchev–Trinajstić information content (AvgIpc) is 2.84. The standard InChI is InChI=1S/C28H40ClNO4/c1-4-5-6-7-8-9-10-17-28(20-30)18-15-22(16-19-28)26(31)33-23-11-13-24(14-12-23)34-27(32)25(29)21(2)3/h11-14,21-22,25H,4-10,15-19H2,1-3H3. The van der Waals surface area contributed by atoms with Gasteiger partial charge in [-0.15, -0.1) is 11.6 Å². The van der Waals surface area contributed by atoms with Gasteiger partial charge in [-0.05, 0) is 62.3 Å². The van der Waals surface area contributed by atoms with Crippen molar-refractivity contribution in [2.45, 2.75) is 103 Å².